The minimum absolute atomic E-state index is 0.0987. The minimum Gasteiger partial charge on any atom is -0.490 e. The van der Waals surface area contributed by atoms with Gasteiger partial charge in [-0.15, -0.1) is 0 Å². The van der Waals surface area contributed by atoms with E-state index in [2.05, 4.69) is 4.74 Å². The molecule has 3 atom stereocenters. The molecular weight excluding hydrogens is 220 g/mol. The van der Waals surface area contributed by atoms with E-state index in [4.69, 9.17) is 11.6 Å². The van der Waals surface area contributed by atoms with E-state index < -0.39 is 31.4 Å². The molecule has 0 bridgehead atoms. The van der Waals surface area contributed by atoms with Crippen LogP contribution in [-0.4, -0.2) is 41.6 Å². The largest absolute Gasteiger partial charge is 0.490 e. The maximum Gasteiger partial charge on any atom is 0.123 e. The van der Waals surface area contributed by atoms with Gasteiger partial charge in [-0.05, 0) is 11.6 Å². The van der Waals surface area contributed by atoms with Gasteiger partial charge in [-0.2, -0.15) is 0 Å². The third-order valence-corrected chi connectivity index (χ3v) is 2.97. The number of fused-ring (bicyclic) bond motifs is 1. The molecule has 1 aliphatic heterocycles. The summed E-state index contributed by atoms with van der Waals surface area (Å²) in [6.07, 6.45) is -3.98. The van der Waals surface area contributed by atoms with Gasteiger partial charge in [0, 0.05) is 18.4 Å². The molecule has 3 rings (SSSR count). The summed E-state index contributed by atoms with van der Waals surface area (Å²) < 4.78 is 47.8. The molecule has 17 heavy (non-hydrogen) atoms. The third-order valence-electron chi connectivity index (χ3n) is 2.97. The molecule has 0 radical (unpaired) electrons. The molecule has 1 fully saturated rings. The van der Waals surface area contributed by atoms with Crippen LogP contribution in [0.25, 0.3) is 0 Å². The number of hydrogen-bond acceptors (Lipinski definition) is 4. The van der Waals surface area contributed by atoms with Gasteiger partial charge >= 0.3 is 0 Å². The second kappa shape index (κ2) is 4.29. The molecule has 1 saturated heterocycles. The van der Waals surface area contributed by atoms with E-state index in [9.17, 15) is 10.2 Å². The first-order valence-corrected chi connectivity index (χ1v) is 5.43. The third kappa shape index (κ3) is 2.29. The number of benzene rings is 1. The van der Waals surface area contributed by atoms with Crippen LogP contribution >= 0.6 is 0 Å². The number of epoxide rings is 1. The standard InChI is InChI=1S/C13H16O4/c14-11-4-8-2-1-3-13(10(8)5-12(11)15)17-7-9-6-16-9/h1-3,9,11-12,14-15H,4-7H2/t9?,11-,12+/m1/s1/i6D2,7D2,9D. The van der Waals surface area contributed by atoms with E-state index >= 15 is 0 Å². The predicted octanol–water partition coefficient (Wildman–Crippen LogP) is 0.285. The Morgan fingerprint density at radius 2 is 2.24 bits per heavy atom. The van der Waals surface area contributed by atoms with E-state index in [0.29, 0.717) is 5.56 Å². The van der Waals surface area contributed by atoms with Crippen molar-refractivity contribution in [1.82, 2.24) is 0 Å². The topological polar surface area (TPSA) is 62.2 Å². The monoisotopic (exact) mass is 241 g/mol. The Morgan fingerprint density at radius 3 is 3.00 bits per heavy atom. The molecule has 1 unspecified atom stereocenters. The van der Waals surface area contributed by atoms with Crippen LogP contribution in [0.1, 0.15) is 18.0 Å². The lowest BCUT2D eigenvalue weighted by Crippen LogP contribution is -2.34. The number of ether oxygens (including phenoxy) is 2. The molecule has 1 aromatic carbocycles. The summed E-state index contributed by atoms with van der Waals surface area (Å²) in [7, 11) is 0. The Morgan fingerprint density at radius 1 is 1.47 bits per heavy atom. The van der Waals surface area contributed by atoms with Crippen molar-refractivity contribution in [2.24, 2.45) is 0 Å². The van der Waals surface area contributed by atoms with Gasteiger partial charge in [0.15, 0.2) is 0 Å². The van der Waals surface area contributed by atoms with Crippen LogP contribution in [0.2, 0.25) is 0 Å². The Bertz CT molecular complexity index is 608. The SMILES string of the molecule is [2H]C([2H])(Oc1cccc2c1C[C@H](O)[C@H](O)C2)C1([2H])OC1([2H])[2H]. The Labute approximate surface area is 107 Å². The first kappa shape index (κ1) is 6.73. The van der Waals surface area contributed by atoms with Crippen molar-refractivity contribution < 1.29 is 26.5 Å². The molecule has 0 amide bonds. The van der Waals surface area contributed by atoms with E-state index in [1.165, 1.54) is 6.07 Å². The average Bonchev–Trinajstić information content (AvgIpc) is 2.93. The van der Waals surface area contributed by atoms with Gasteiger partial charge in [0.05, 0.1) is 25.6 Å². The Balaban J connectivity index is 1.90. The molecule has 2 aliphatic rings. The molecule has 1 heterocycles. The van der Waals surface area contributed by atoms with Crippen LogP contribution in [0.3, 0.4) is 0 Å². The van der Waals surface area contributed by atoms with E-state index in [0.717, 1.165) is 5.56 Å². The second-order valence-corrected chi connectivity index (χ2v) is 4.17. The molecule has 0 aromatic heterocycles. The second-order valence-electron chi connectivity index (χ2n) is 4.17. The van der Waals surface area contributed by atoms with Gasteiger partial charge in [-0.1, -0.05) is 12.1 Å². The molecule has 1 aliphatic carbocycles. The van der Waals surface area contributed by atoms with Crippen molar-refractivity contribution in [3.63, 3.8) is 0 Å². The zero-order valence-corrected chi connectivity index (χ0v) is 9.01. The average molecular weight is 241 g/mol. The van der Waals surface area contributed by atoms with E-state index in [-0.39, 0.29) is 18.6 Å². The zero-order chi connectivity index (χ0) is 16.3. The number of aliphatic hydroxyl groups excluding tert-OH is 2. The van der Waals surface area contributed by atoms with E-state index in [1.54, 1.807) is 12.1 Å². The van der Waals surface area contributed by atoms with Crippen molar-refractivity contribution in [2.75, 3.05) is 13.1 Å². The molecule has 1 aromatic rings. The summed E-state index contributed by atoms with van der Waals surface area (Å²) in [5.74, 6) is 0.117. The molecule has 2 N–H and O–H groups in total. The molecule has 4 nitrogen and oxygen atoms in total. The zero-order valence-electron chi connectivity index (χ0n) is 14.0. The van der Waals surface area contributed by atoms with Crippen molar-refractivity contribution in [2.45, 2.75) is 31.1 Å². The quantitative estimate of drug-likeness (QED) is 0.746. The lowest BCUT2D eigenvalue weighted by Gasteiger charge is -2.27. The lowest BCUT2D eigenvalue weighted by molar-refractivity contribution is 0.0135. The molecule has 92 valence electrons. The number of rotatable bonds is 3. The van der Waals surface area contributed by atoms with Crippen LogP contribution in [0.15, 0.2) is 18.2 Å². The van der Waals surface area contributed by atoms with Gasteiger partial charge in [-0.25, -0.2) is 0 Å². The van der Waals surface area contributed by atoms with Gasteiger partial charge in [0.2, 0.25) is 0 Å². The van der Waals surface area contributed by atoms with Crippen LogP contribution in [-0.2, 0) is 17.6 Å². The van der Waals surface area contributed by atoms with Gasteiger partial charge in [0.1, 0.15) is 18.4 Å². The fourth-order valence-corrected chi connectivity index (χ4v) is 2.00. The van der Waals surface area contributed by atoms with Gasteiger partial charge in [-0.3, -0.25) is 0 Å². The van der Waals surface area contributed by atoms with Crippen LogP contribution in [0.4, 0.5) is 0 Å². The van der Waals surface area contributed by atoms with Crippen molar-refractivity contribution in [1.29, 1.82) is 0 Å². The fourth-order valence-electron chi connectivity index (χ4n) is 2.00. The van der Waals surface area contributed by atoms with Crippen LogP contribution in [0.5, 0.6) is 5.75 Å². The first-order valence-electron chi connectivity index (χ1n) is 7.93. The Hall–Kier alpha value is -1.10. The fraction of sp³-hybridized carbons (Fsp3) is 0.538. The maximum absolute atomic E-state index is 9.78. The van der Waals surface area contributed by atoms with Crippen LogP contribution < -0.4 is 4.74 Å². The Kier molecular flexibility index (Phi) is 1.70. The molecule has 0 spiro atoms. The first-order chi connectivity index (χ1) is 10.1. The normalized spacial score (nSPS) is 43.3. The van der Waals surface area contributed by atoms with Crippen molar-refractivity contribution >= 4 is 0 Å². The number of aliphatic hydroxyl groups is 2. The van der Waals surface area contributed by atoms with Gasteiger partial charge < -0.3 is 19.7 Å². The highest BCUT2D eigenvalue weighted by molar-refractivity contribution is 5.43. The predicted molar refractivity (Wildman–Crippen MR) is 61.1 cm³/mol. The summed E-state index contributed by atoms with van der Waals surface area (Å²) >= 11 is 0. The highest BCUT2D eigenvalue weighted by Gasteiger charge is 2.28. The van der Waals surface area contributed by atoms with E-state index in [1.807, 2.05) is 0 Å². The smallest absolute Gasteiger partial charge is 0.123 e. The van der Waals surface area contributed by atoms with Crippen LogP contribution in [0, 0.1) is 0 Å². The minimum atomic E-state index is -2.70. The molecular formula is C13H16O4. The summed E-state index contributed by atoms with van der Waals surface area (Å²) in [6.45, 7) is -5.12. The summed E-state index contributed by atoms with van der Waals surface area (Å²) in [5.41, 5.74) is 1.28. The maximum atomic E-state index is 9.78. The highest BCUT2D eigenvalue weighted by Crippen LogP contribution is 2.30. The summed E-state index contributed by atoms with van der Waals surface area (Å²) in [4.78, 5) is 0. The summed E-state index contributed by atoms with van der Waals surface area (Å²) in [6, 6.07) is 4.85. The van der Waals surface area contributed by atoms with Crippen molar-refractivity contribution in [3.8, 4) is 5.75 Å². The van der Waals surface area contributed by atoms with Crippen molar-refractivity contribution in [3.05, 3.63) is 29.3 Å². The summed E-state index contributed by atoms with van der Waals surface area (Å²) in [5, 5.41) is 19.5. The van der Waals surface area contributed by atoms with Gasteiger partial charge in [0.25, 0.3) is 0 Å². The molecule has 0 saturated carbocycles. The number of hydrogen-bond donors (Lipinski definition) is 2. The highest BCUT2D eigenvalue weighted by atomic mass is 16.6. The lowest BCUT2D eigenvalue weighted by atomic mass is 9.87. The molecule has 4 heteroatoms.